The lowest BCUT2D eigenvalue weighted by molar-refractivity contribution is -0.147. The highest BCUT2D eigenvalue weighted by atomic mass is 32.1. The third kappa shape index (κ3) is 8.53. The molecular weight excluding hydrogens is 454 g/mol. The Morgan fingerprint density at radius 1 is 1.12 bits per heavy atom. The van der Waals surface area contributed by atoms with E-state index < -0.39 is 24.0 Å². The summed E-state index contributed by atoms with van der Waals surface area (Å²) in [5, 5.41) is 17.7. The van der Waals surface area contributed by atoms with Crippen molar-refractivity contribution in [1.82, 2.24) is 15.6 Å². The van der Waals surface area contributed by atoms with Gasteiger partial charge in [0.15, 0.2) is 6.10 Å². The van der Waals surface area contributed by atoms with Crippen LogP contribution in [0.4, 0.5) is 0 Å². The molecule has 3 N–H and O–H groups in total. The van der Waals surface area contributed by atoms with Gasteiger partial charge in [0.1, 0.15) is 10.7 Å². The summed E-state index contributed by atoms with van der Waals surface area (Å²) in [5.74, 6) is -1.98. The second kappa shape index (κ2) is 13.2. The van der Waals surface area contributed by atoms with Crippen molar-refractivity contribution in [2.24, 2.45) is 11.8 Å². The number of aliphatic carboxylic acids is 1. The normalized spacial score (nSPS) is 14.8. The molecule has 0 spiro atoms. The molecule has 0 bridgehead atoms. The molecule has 4 atom stereocenters. The van der Waals surface area contributed by atoms with Crippen LogP contribution >= 0.6 is 11.3 Å². The number of thiazole rings is 1. The van der Waals surface area contributed by atoms with Crippen LogP contribution in [0.1, 0.15) is 67.7 Å². The van der Waals surface area contributed by atoms with Crippen LogP contribution < -0.4 is 10.6 Å². The highest BCUT2D eigenvalue weighted by molar-refractivity contribution is 7.09. The first-order valence-electron chi connectivity index (χ1n) is 11.5. The zero-order valence-electron chi connectivity index (χ0n) is 20.4. The molecule has 0 aliphatic rings. The van der Waals surface area contributed by atoms with E-state index in [1.54, 1.807) is 12.3 Å². The molecule has 1 aromatic carbocycles. The number of esters is 1. The first-order valence-corrected chi connectivity index (χ1v) is 12.4. The maximum absolute atomic E-state index is 13.0. The quantitative estimate of drug-likeness (QED) is 0.366. The molecule has 0 radical (unpaired) electrons. The number of aromatic nitrogens is 1. The molecule has 0 aliphatic heterocycles. The second-order valence-electron chi connectivity index (χ2n) is 8.88. The molecule has 186 valence electrons. The number of benzene rings is 1. The fourth-order valence-corrected chi connectivity index (χ4v) is 4.61. The lowest BCUT2D eigenvalue weighted by atomic mass is 9.96. The van der Waals surface area contributed by atoms with E-state index in [9.17, 15) is 19.5 Å². The summed E-state index contributed by atoms with van der Waals surface area (Å²) in [6.45, 7) is 7.15. The minimum absolute atomic E-state index is 0.110. The van der Waals surface area contributed by atoms with Crippen molar-refractivity contribution >= 4 is 29.2 Å². The van der Waals surface area contributed by atoms with Crippen LogP contribution in [-0.4, -0.2) is 47.1 Å². The second-order valence-corrected chi connectivity index (χ2v) is 9.77. The number of carbonyl (C=O) groups is 3. The van der Waals surface area contributed by atoms with Crippen LogP contribution in [0.3, 0.4) is 0 Å². The predicted octanol–water partition coefficient (Wildman–Crippen LogP) is 3.83. The van der Waals surface area contributed by atoms with Crippen LogP contribution in [0, 0.1) is 11.8 Å². The van der Waals surface area contributed by atoms with Crippen molar-refractivity contribution in [2.75, 3.05) is 7.05 Å². The monoisotopic (exact) mass is 489 g/mol. The number of hydrogen-bond donors (Lipinski definition) is 3. The SMILES string of the molecule is CNC(C[C@H](OC(C)=O)c1nc(C(=O)N[C@@H](Cc2ccccc2)C[C@H](C)C(=O)O)cs1)C(C)C. The van der Waals surface area contributed by atoms with Gasteiger partial charge in [-0.3, -0.25) is 14.4 Å². The van der Waals surface area contributed by atoms with E-state index in [0.717, 1.165) is 5.56 Å². The Bertz CT molecular complexity index is 947. The molecule has 9 heteroatoms. The first kappa shape index (κ1) is 27.5. The van der Waals surface area contributed by atoms with Gasteiger partial charge in [-0.15, -0.1) is 11.3 Å². The molecule has 2 aromatic rings. The van der Waals surface area contributed by atoms with E-state index in [1.807, 2.05) is 37.4 Å². The topological polar surface area (TPSA) is 118 Å². The fraction of sp³-hybridized carbons (Fsp3) is 0.520. The molecule has 0 fully saturated rings. The summed E-state index contributed by atoms with van der Waals surface area (Å²) in [4.78, 5) is 40.6. The lowest BCUT2D eigenvalue weighted by Crippen LogP contribution is -2.38. The van der Waals surface area contributed by atoms with Gasteiger partial charge in [-0.25, -0.2) is 4.98 Å². The summed E-state index contributed by atoms with van der Waals surface area (Å²) in [6, 6.07) is 9.36. The average molecular weight is 490 g/mol. The van der Waals surface area contributed by atoms with Crippen LogP contribution in [-0.2, 0) is 20.7 Å². The van der Waals surface area contributed by atoms with E-state index in [1.165, 1.54) is 18.3 Å². The zero-order chi connectivity index (χ0) is 25.3. The van der Waals surface area contributed by atoms with Gasteiger partial charge in [-0.1, -0.05) is 51.1 Å². The Morgan fingerprint density at radius 3 is 2.35 bits per heavy atom. The maximum atomic E-state index is 13.0. The summed E-state index contributed by atoms with van der Waals surface area (Å²) < 4.78 is 5.52. The summed E-state index contributed by atoms with van der Waals surface area (Å²) >= 11 is 1.27. The van der Waals surface area contributed by atoms with Gasteiger partial charge in [0.05, 0.1) is 5.92 Å². The van der Waals surface area contributed by atoms with E-state index in [4.69, 9.17) is 4.74 Å². The van der Waals surface area contributed by atoms with Crippen molar-refractivity contribution in [3.8, 4) is 0 Å². The maximum Gasteiger partial charge on any atom is 0.306 e. The lowest BCUT2D eigenvalue weighted by Gasteiger charge is -2.24. The minimum Gasteiger partial charge on any atom is -0.481 e. The Kier molecular flexibility index (Phi) is 10.7. The number of nitrogens with zero attached hydrogens (tertiary/aromatic N) is 1. The van der Waals surface area contributed by atoms with Crippen LogP contribution in [0.15, 0.2) is 35.7 Å². The molecule has 0 saturated heterocycles. The molecule has 2 rings (SSSR count). The molecule has 8 nitrogen and oxygen atoms in total. The van der Waals surface area contributed by atoms with Gasteiger partial charge in [-0.05, 0) is 31.4 Å². The third-order valence-corrected chi connectivity index (χ3v) is 6.64. The van der Waals surface area contributed by atoms with E-state index >= 15 is 0 Å². The Hall–Kier alpha value is -2.78. The average Bonchev–Trinajstić information content (AvgIpc) is 3.27. The van der Waals surface area contributed by atoms with Crippen molar-refractivity contribution in [3.63, 3.8) is 0 Å². The van der Waals surface area contributed by atoms with Gasteiger partial charge in [0.25, 0.3) is 5.91 Å². The first-order chi connectivity index (χ1) is 16.1. The highest BCUT2D eigenvalue weighted by Crippen LogP contribution is 2.28. The number of hydrogen-bond acceptors (Lipinski definition) is 7. The smallest absolute Gasteiger partial charge is 0.306 e. The number of rotatable bonds is 13. The van der Waals surface area contributed by atoms with Crippen molar-refractivity contribution in [1.29, 1.82) is 0 Å². The molecule has 1 unspecified atom stereocenters. The molecule has 0 saturated carbocycles. The largest absolute Gasteiger partial charge is 0.481 e. The van der Waals surface area contributed by atoms with Crippen LogP contribution in [0.5, 0.6) is 0 Å². The molecule has 1 heterocycles. The zero-order valence-corrected chi connectivity index (χ0v) is 21.2. The highest BCUT2D eigenvalue weighted by Gasteiger charge is 2.27. The number of ether oxygens (including phenoxy) is 1. The number of carbonyl (C=O) groups excluding carboxylic acids is 2. The Balaban J connectivity index is 2.18. The molecule has 1 amide bonds. The summed E-state index contributed by atoms with van der Waals surface area (Å²) in [6.07, 6.45) is 0.780. The fourth-order valence-electron chi connectivity index (χ4n) is 3.77. The van der Waals surface area contributed by atoms with Crippen molar-refractivity contribution in [3.05, 3.63) is 52.0 Å². The summed E-state index contributed by atoms with van der Waals surface area (Å²) in [5.41, 5.74) is 1.23. The molecule has 34 heavy (non-hydrogen) atoms. The number of carboxylic acids is 1. The van der Waals surface area contributed by atoms with E-state index in [-0.39, 0.29) is 23.7 Å². The van der Waals surface area contributed by atoms with Crippen molar-refractivity contribution < 1.29 is 24.2 Å². The van der Waals surface area contributed by atoms with Gasteiger partial charge < -0.3 is 20.5 Å². The Morgan fingerprint density at radius 2 is 1.79 bits per heavy atom. The number of nitrogens with one attached hydrogen (secondary N) is 2. The standard InChI is InChI=1S/C25H35N3O5S/c1-15(2)20(26-5)13-22(33-17(4)29)24-28-21(14-34-24)23(30)27-19(11-16(3)25(31)32)12-18-9-7-6-8-10-18/h6-10,14-16,19-20,22,26H,11-13H2,1-5H3,(H,27,30)(H,31,32)/t16-,19+,20?,22-/m0/s1. The van der Waals surface area contributed by atoms with Crippen LogP contribution in [0.2, 0.25) is 0 Å². The number of amides is 1. The van der Waals surface area contributed by atoms with Gasteiger partial charge in [0.2, 0.25) is 0 Å². The van der Waals surface area contributed by atoms with Gasteiger partial charge >= 0.3 is 11.9 Å². The van der Waals surface area contributed by atoms with E-state index in [0.29, 0.717) is 30.2 Å². The minimum atomic E-state index is -0.906. The molecular formula is C25H35N3O5S. The van der Waals surface area contributed by atoms with Gasteiger partial charge in [0, 0.05) is 30.8 Å². The van der Waals surface area contributed by atoms with Crippen LogP contribution in [0.25, 0.3) is 0 Å². The Labute approximate surface area is 205 Å². The van der Waals surface area contributed by atoms with Crippen molar-refractivity contribution in [2.45, 2.75) is 65.1 Å². The van der Waals surface area contributed by atoms with E-state index in [2.05, 4.69) is 29.5 Å². The van der Waals surface area contributed by atoms with Gasteiger partial charge in [-0.2, -0.15) is 0 Å². The number of carboxylic acid groups (broad SMARTS) is 1. The summed E-state index contributed by atoms with van der Waals surface area (Å²) in [7, 11) is 1.86. The predicted molar refractivity (Wildman–Crippen MR) is 132 cm³/mol. The molecule has 1 aromatic heterocycles. The third-order valence-electron chi connectivity index (χ3n) is 5.70. The molecule has 0 aliphatic carbocycles.